The minimum Gasteiger partial charge on any atom is -0.269 e. The minimum absolute atomic E-state index is 0.265. The number of benzene rings is 1. The van der Waals surface area contributed by atoms with E-state index in [1.54, 1.807) is 24.3 Å². The molecule has 0 bridgehead atoms. The quantitative estimate of drug-likeness (QED) is 0.648. The first kappa shape index (κ1) is 17.5. The number of nitrogens with one attached hydrogen (secondary N) is 1. The molecule has 2 aromatic rings. The Hall–Kier alpha value is -1.89. The van der Waals surface area contributed by atoms with E-state index in [-0.39, 0.29) is 10.9 Å². The van der Waals surface area contributed by atoms with Crippen LogP contribution in [0.5, 0.6) is 0 Å². The highest BCUT2D eigenvalue weighted by atomic mass is 35.5. The Morgan fingerprint density at radius 1 is 1.13 bits per heavy atom. The monoisotopic (exact) mass is 370 g/mol. The van der Waals surface area contributed by atoms with Crippen molar-refractivity contribution in [2.24, 2.45) is 0 Å². The lowest BCUT2D eigenvalue weighted by Crippen LogP contribution is -2.30. The molecule has 1 heterocycles. The lowest BCUT2D eigenvalue weighted by atomic mass is 10.2. The molecule has 23 heavy (non-hydrogen) atoms. The van der Waals surface area contributed by atoms with E-state index in [1.165, 1.54) is 24.4 Å². The fourth-order valence-electron chi connectivity index (χ4n) is 1.68. The van der Waals surface area contributed by atoms with Gasteiger partial charge in [0.15, 0.2) is 0 Å². The zero-order valence-electron chi connectivity index (χ0n) is 11.7. The van der Waals surface area contributed by atoms with E-state index in [0.29, 0.717) is 10.6 Å². The van der Waals surface area contributed by atoms with Crippen molar-refractivity contribution in [1.82, 2.24) is 9.71 Å². The van der Waals surface area contributed by atoms with Crippen molar-refractivity contribution in [3.63, 3.8) is 0 Å². The molecule has 8 heteroatoms. The maximum Gasteiger partial charge on any atom is 0.257 e. The number of halogens is 2. The van der Waals surface area contributed by atoms with Crippen LogP contribution >= 0.6 is 23.2 Å². The first-order chi connectivity index (χ1) is 10.8. The Labute approximate surface area is 144 Å². The number of sulfonamides is 1. The van der Waals surface area contributed by atoms with Crippen LogP contribution in [0.3, 0.4) is 0 Å². The van der Waals surface area contributed by atoms with Crippen LogP contribution in [0.1, 0.15) is 11.1 Å². The van der Waals surface area contributed by atoms with Gasteiger partial charge in [0.05, 0.1) is 5.75 Å². The predicted molar refractivity (Wildman–Crippen MR) is 90.5 cm³/mol. The van der Waals surface area contributed by atoms with Crippen LogP contribution in [-0.4, -0.2) is 19.3 Å². The van der Waals surface area contributed by atoms with Crippen molar-refractivity contribution in [2.75, 3.05) is 0 Å². The van der Waals surface area contributed by atoms with Gasteiger partial charge in [0.25, 0.3) is 5.91 Å². The molecule has 1 N–H and O–H groups in total. The summed E-state index contributed by atoms with van der Waals surface area (Å²) in [4.78, 5) is 15.5. The lowest BCUT2D eigenvalue weighted by molar-refractivity contribution is -0.114. The maximum absolute atomic E-state index is 11.9. The Bertz CT molecular complexity index is 817. The van der Waals surface area contributed by atoms with Gasteiger partial charge in [-0.25, -0.2) is 18.1 Å². The summed E-state index contributed by atoms with van der Waals surface area (Å²) in [6, 6.07) is 9.77. The third-order valence-corrected chi connectivity index (χ3v) is 4.40. The second-order valence-electron chi connectivity index (χ2n) is 4.60. The fourth-order valence-corrected chi connectivity index (χ4v) is 2.97. The van der Waals surface area contributed by atoms with Gasteiger partial charge in [0, 0.05) is 17.3 Å². The van der Waals surface area contributed by atoms with Gasteiger partial charge < -0.3 is 0 Å². The predicted octanol–water partition coefficient (Wildman–Crippen LogP) is 3.05. The summed E-state index contributed by atoms with van der Waals surface area (Å²) < 4.78 is 25.8. The number of nitrogens with zero attached hydrogens (tertiary/aromatic N) is 1. The van der Waals surface area contributed by atoms with E-state index >= 15 is 0 Å². The standard InChI is InChI=1S/C15H12Cl2N2O3S/c16-13-5-1-11(2-6-13)4-8-15(20)19-23(21,22)10-12-3-7-14(17)18-9-12/h1-9H,10H2,(H,19,20)/b8-4-. The van der Waals surface area contributed by atoms with Gasteiger partial charge >= 0.3 is 0 Å². The molecule has 1 aromatic carbocycles. The minimum atomic E-state index is -3.81. The maximum atomic E-state index is 11.9. The number of hydrogen-bond donors (Lipinski definition) is 1. The number of aromatic nitrogens is 1. The topological polar surface area (TPSA) is 76.1 Å². The van der Waals surface area contributed by atoms with Crippen LogP contribution < -0.4 is 4.72 Å². The molecule has 0 saturated carbocycles. The smallest absolute Gasteiger partial charge is 0.257 e. The van der Waals surface area contributed by atoms with E-state index in [0.717, 1.165) is 11.6 Å². The highest BCUT2D eigenvalue weighted by Crippen LogP contribution is 2.11. The van der Waals surface area contributed by atoms with Gasteiger partial charge in [0.2, 0.25) is 10.0 Å². The van der Waals surface area contributed by atoms with E-state index in [4.69, 9.17) is 23.2 Å². The fraction of sp³-hybridized carbons (Fsp3) is 0.0667. The van der Waals surface area contributed by atoms with Crippen LogP contribution in [0.25, 0.3) is 6.08 Å². The van der Waals surface area contributed by atoms with Crippen LogP contribution in [0, 0.1) is 0 Å². The van der Waals surface area contributed by atoms with Crippen LogP contribution in [-0.2, 0) is 20.6 Å². The first-order valence-corrected chi connectivity index (χ1v) is 8.83. The van der Waals surface area contributed by atoms with Gasteiger partial charge in [-0.1, -0.05) is 41.4 Å². The normalized spacial score (nSPS) is 11.6. The number of pyridine rings is 1. The molecule has 1 aromatic heterocycles. The number of rotatable bonds is 5. The van der Waals surface area contributed by atoms with Gasteiger partial charge in [0.1, 0.15) is 5.15 Å². The Morgan fingerprint density at radius 3 is 2.43 bits per heavy atom. The zero-order valence-corrected chi connectivity index (χ0v) is 14.1. The average molecular weight is 371 g/mol. The number of hydrogen-bond acceptors (Lipinski definition) is 4. The molecule has 0 unspecified atom stereocenters. The highest BCUT2D eigenvalue weighted by molar-refractivity contribution is 7.89. The van der Waals surface area contributed by atoms with Crippen molar-refractivity contribution >= 4 is 45.2 Å². The van der Waals surface area contributed by atoms with E-state index in [1.807, 2.05) is 4.72 Å². The van der Waals surface area contributed by atoms with E-state index < -0.39 is 15.9 Å². The Kier molecular flexibility index (Phi) is 5.76. The first-order valence-electron chi connectivity index (χ1n) is 6.42. The SMILES string of the molecule is O=C(/C=C\c1ccc(Cl)cc1)NS(=O)(=O)Cc1ccc(Cl)nc1. The molecule has 0 fully saturated rings. The second-order valence-corrected chi connectivity index (χ2v) is 7.15. The van der Waals surface area contributed by atoms with Crippen molar-refractivity contribution in [2.45, 2.75) is 5.75 Å². The number of amides is 1. The molecule has 0 radical (unpaired) electrons. The zero-order chi connectivity index (χ0) is 16.9. The molecule has 2 rings (SSSR count). The van der Waals surface area contributed by atoms with Crippen LogP contribution in [0.4, 0.5) is 0 Å². The molecule has 5 nitrogen and oxygen atoms in total. The van der Waals surface area contributed by atoms with Crippen molar-refractivity contribution in [3.05, 3.63) is 70.0 Å². The van der Waals surface area contributed by atoms with Gasteiger partial charge in [-0.05, 0) is 35.4 Å². The summed E-state index contributed by atoms with van der Waals surface area (Å²) in [7, 11) is -3.81. The molecule has 0 aliphatic rings. The summed E-state index contributed by atoms with van der Waals surface area (Å²) in [6.45, 7) is 0. The molecular weight excluding hydrogens is 359 g/mol. The summed E-state index contributed by atoms with van der Waals surface area (Å²) in [5.74, 6) is -1.10. The molecule has 0 aliphatic heterocycles. The number of carbonyl (C=O) groups excluding carboxylic acids is 1. The Balaban J connectivity index is 1.97. The Morgan fingerprint density at radius 2 is 1.83 bits per heavy atom. The van der Waals surface area contributed by atoms with Crippen LogP contribution in [0.2, 0.25) is 10.2 Å². The summed E-state index contributed by atoms with van der Waals surface area (Å²) in [5.41, 5.74) is 1.15. The summed E-state index contributed by atoms with van der Waals surface area (Å²) in [6.07, 6.45) is 3.97. The van der Waals surface area contributed by atoms with Crippen molar-refractivity contribution in [3.8, 4) is 0 Å². The van der Waals surface area contributed by atoms with Crippen molar-refractivity contribution in [1.29, 1.82) is 0 Å². The largest absolute Gasteiger partial charge is 0.269 e. The van der Waals surface area contributed by atoms with E-state index in [2.05, 4.69) is 4.98 Å². The highest BCUT2D eigenvalue weighted by Gasteiger charge is 2.14. The third kappa shape index (κ3) is 6.02. The van der Waals surface area contributed by atoms with Gasteiger partial charge in [-0.3, -0.25) is 4.79 Å². The van der Waals surface area contributed by atoms with Gasteiger partial charge in [-0.2, -0.15) is 0 Å². The molecule has 0 saturated heterocycles. The van der Waals surface area contributed by atoms with E-state index in [9.17, 15) is 13.2 Å². The molecule has 120 valence electrons. The molecule has 1 amide bonds. The third-order valence-electron chi connectivity index (χ3n) is 2.70. The number of carbonyl (C=O) groups is 1. The summed E-state index contributed by atoms with van der Waals surface area (Å²) >= 11 is 11.4. The molecule has 0 spiro atoms. The van der Waals surface area contributed by atoms with Crippen molar-refractivity contribution < 1.29 is 13.2 Å². The lowest BCUT2D eigenvalue weighted by Gasteiger charge is -2.04. The average Bonchev–Trinajstić information content (AvgIpc) is 2.48. The van der Waals surface area contributed by atoms with Gasteiger partial charge in [-0.15, -0.1) is 0 Å². The summed E-state index contributed by atoms with van der Waals surface area (Å²) in [5, 5.41) is 0.840. The molecule has 0 aliphatic carbocycles. The molecular formula is C15H12Cl2N2O3S. The molecule has 0 atom stereocenters. The van der Waals surface area contributed by atoms with Crippen LogP contribution in [0.15, 0.2) is 48.7 Å². The second kappa shape index (κ2) is 7.59.